The minimum Gasteiger partial charge on any atom is -0.542 e. The van der Waals surface area contributed by atoms with Crippen molar-refractivity contribution in [2.24, 2.45) is 0 Å². The van der Waals surface area contributed by atoms with Crippen molar-refractivity contribution in [1.29, 1.82) is 0 Å². The number of hydrogen-bond acceptors (Lipinski definition) is 6. The van der Waals surface area contributed by atoms with Gasteiger partial charge in [0.15, 0.2) is 0 Å². The first-order chi connectivity index (χ1) is 10.1. The number of quaternary nitrogens is 1. The Bertz CT molecular complexity index is 398. The summed E-state index contributed by atoms with van der Waals surface area (Å²) in [7, 11) is 1.21. The van der Waals surface area contributed by atoms with E-state index in [4.69, 9.17) is 9.90 Å². The van der Waals surface area contributed by atoms with Crippen molar-refractivity contribution in [2.75, 3.05) is 20.2 Å². The van der Waals surface area contributed by atoms with Crippen LogP contribution in [0.5, 0.6) is 0 Å². The molecule has 0 aromatic heterocycles. The number of unbranched alkanes of at least 4 members (excludes halogenated alkanes) is 1. The number of ether oxygens (including phenoxy) is 1. The molecule has 0 rings (SSSR count). The van der Waals surface area contributed by atoms with E-state index < -0.39 is 24.0 Å². The molecule has 0 aromatic carbocycles. The molecule has 0 atom stereocenters. The van der Waals surface area contributed by atoms with Gasteiger partial charge in [-0.2, -0.15) is 13.2 Å². The maximum Gasteiger partial charge on any atom is 0.430 e. The van der Waals surface area contributed by atoms with Crippen LogP contribution in [-0.4, -0.2) is 54.5 Å². The van der Waals surface area contributed by atoms with E-state index in [0.29, 0.717) is 11.5 Å². The van der Waals surface area contributed by atoms with Gasteiger partial charge in [-0.05, 0) is 12.8 Å². The molecule has 1 amide bonds. The van der Waals surface area contributed by atoms with Gasteiger partial charge in [0, 0.05) is 18.7 Å². The molecule has 0 saturated heterocycles. The Morgan fingerprint density at radius 3 is 2.14 bits per heavy atom. The number of methoxy groups -OCH3 is 1. The predicted molar refractivity (Wildman–Crippen MR) is 62.7 cm³/mol. The first-order valence-corrected chi connectivity index (χ1v) is 5.90. The van der Waals surface area contributed by atoms with E-state index >= 15 is 0 Å². The normalized spacial score (nSPS) is 10.6. The Morgan fingerprint density at radius 1 is 1.27 bits per heavy atom. The Morgan fingerprint density at radius 2 is 1.77 bits per heavy atom. The zero-order valence-corrected chi connectivity index (χ0v) is 11.8. The molecular formula is C11H17F3N2O6. The van der Waals surface area contributed by atoms with Gasteiger partial charge >= 0.3 is 12.1 Å². The maximum atomic E-state index is 11.1. The lowest BCUT2D eigenvalue weighted by atomic mass is 10.3. The van der Waals surface area contributed by atoms with Gasteiger partial charge in [-0.3, -0.25) is 10.0 Å². The minimum absolute atomic E-state index is 0.236. The highest BCUT2D eigenvalue weighted by atomic mass is 19.4. The van der Waals surface area contributed by atoms with Crippen molar-refractivity contribution in [3.05, 3.63) is 12.2 Å². The molecule has 0 fully saturated rings. The number of aliphatic carboxylic acids is 1. The van der Waals surface area contributed by atoms with Crippen LogP contribution in [0.15, 0.2) is 12.2 Å². The Balaban J connectivity index is 0. The monoisotopic (exact) mass is 330 g/mol. The molecule has 0 spiro atoms. The van der Waals surface area contributed by atoms with Gasteiger partial charge in [0.05, 0.1) is 13.7 Å². The summed E-state index contributed by atoms with van der Waals surface area (Å²) in [5.41, 5.74) is 3.64. The molecule has 0 aliphatic rings. The van der Waals surface area contributed by atoms with Crippen molar-refractivity contribution in [3.8, 4) is 0 Å². The van der Waals surface area contributed by atoms with Crippen molar-refractivity contribution in [1.82, 2.24) is 5.06 Å². The minimum atomic E-state index is -5.19. The zero-order chi connectivity index (χ0) is 17.8. The summed E-state index contributed by atoms with van der Waals surface area (Å²) in [4.78, 5) is 30.5. The summed E-state index contributed by atoms with van der Waals surface area (Å²) >= 11 is 0. The topological polar surface area (TPSA) is 135 Å². The van der Waals surface area contributed by atoms with Crippen LogP contribution in [-0.2, 0) is 19.1 Å². The molecule has 128 valence electrons. The number of esters is 1. The smallest absolute Gasteiger partial charge is 0.430 e. The van der Waals surface area contributed by atoms with Gasteiger partial charge in [0.2, 0.25) is 0 Å². The largest absolute Gasteiger partial charge is 0.542 e. The standard InChI is InChI=1S/C9H16N2O4.C2HF3O2/c1-15-9(13)5-4-8(12)11(14)7-3-2-6-10;3-2(4,5)1(6)7/h4-5,14H,2-3,6-7,10H2,1H3;(H,6,7)/b5-4+;. The first-order valence-electron chi connectivity index (χ1n) is 5.90. The van der Waals surface area contributed by atoms with E-state index in [0.717, 1.165) is 25.1 Å². The molecular weight excluding hydrogens is 313 g/mol. The van der Waals surface area contributed by atoms with Crippen LogP contribution in [0.3, 0.4) is 0 Å². The summed E-state index contributed by atoms with van der Waals surface area (Å²) in [5.74, 6) is -4.27. The lowest BCUT2D eigenvalue weighted by molar-refractivity contribution is -0.368. The third-order valence-corrected chi connectivity index (χ3v) is 1.92. The molecule has 0 unspecified atom stereocenters. The molecule has 0 bridgehead atoms. The van der Waals surface area contributed by atoms with Gasteiger partial charge in [-0.15, -0.1) is 0 Å². The number of nitrogens with zero attached hydrogens (tertiary/aromatic N) is 1. The highest BCUT2D eigenvalue weighted by Crippen LogP contribution is 2.11. The van der Waals surface area contributed by atoms with Crippen LogP contribution in [0.25, 0.3) is 0 Å². The number of carbonyl (C=O) groups excluding carboxylic acids is 3. The van der Waals surface area contributed by atoms with Gasteiger partial charge in [-0.1, -0.05) is 0 Å². The molecule has 0 heterocycles. The molecule has 0 aliphatic carbocycles. The molecule has 0 radical (unpaired) electrons. The van der Waals surface area contributed by atoms with E-state index in [1.165, 1.54) is 7.11 Å². The van der Waals surface area contributed by atoms with Crippen molar-refractivity contribution in [3.63, 3.8) is 0 Å². The lowest BCUT2D eigenvalue weighted by Gasteiger charge is -2.11. The molecule has 11 heteroatoms. The molecule has 0 aromatic rings. The average Bonchev–Trinajstić information content (AvgIpc) is 2.43. The number of carboxylic acids is 1. The Labute approximate surface area is 123 Å². The quantitative estimate of drug-likeness (QED) is 0.195. The van der Waals surface area contributed by atoms with Crippen LogP contribution in [0.4, 0.5) is 13.2 Å². The van der Waals surface area contributed by atoms with E-state index in [1.807, 2.05) is 0 Å². The molecule has 4 N–H and O–H groups in total. The van der Waals surface area contributed by atoms with E-state index in [9.17, 15) is 28.0 Å². The first kappa shape index (κ1) is 22.1. The van der Waals surface area contributed by atoms with Gasteiger partial charge < -0.3 is 20.4 Å². The van der Waals surface area contributed by atoms with Gasteiger partial charge in [0.25, 0.3) is 5.91 Å². The van der Waals surface area contributed by atoms with Crippen molar-refractivity contribution >= 4 is 17.8 Å². The average molecular weight is 330 g/mol. The maximum absolute atomic E-state index is 11.1. The fraction of sp³-hybridized carbons (Fsp3) is 0.545. The number of carbonyl (C=O) groups is 3. The Hall–Kier alpha value is -2.14. The summed E-state index contributed by atoms with van der Waals surface area (Å²) in [6, 6.07) is 0. The van der Waals surface area contributed by atoms with Crippen LogP contribution in [0.2, 0.25) is 0 Å². The van der Waals surface area contributed by atoms with Crippen LogP contribution in [0, 0.1) is 0 Å². The number of rotatable bonds is 6. The van der Waals surface area contributed by atoms with Gasteiger partial charge in [0.1, 0.15) is 5.97 Å². The second kappa shape index (κ2) is 11.5. The number of alkyl halides is 3. The van der Waals surface area contributed by atoms with Crippen LogP contribution in [0.1, 0.15) is 12.8 Å². The molecule has 8 nitrogen and oxygen atoms in total. The summed E-state index contributed by atoms with van der Waals surface area (Å²) in [6.45, 7) is 1.000. The van der Waals surface area contributed by atoms with E-state index in [-0.39, 0.29) is 6.54 Å². The van der Waals surface area contributed by atoms with Crippen molar-refractivity contribution in [2.45, 2.75) is 19.0 Å². The fourth-order valence-electron chi connectivity index (χ4n) is 0.842. The third kappa shape index (κ3) is 12.9. The summed E-state index contributed by atoms with van der Waals surface area (Å²) < 4.78 is 35.8. The molecule has 0 saturated carbocycles. The second-order valence-corrected chi connectivity index (χ2v) is 3.66. The number of hydroxylamine groups is 2. The zero-order valence-electron chi connectivity index (χ0n) is 11.8. The van der Waals surface area contributed by atoms with Gasteiger partial charge in [-0.25, -0.2) is 9.86 Å². The summed E-state index contributed by atoms with van der Waals surface area (Å²) in [5, 5.41) is 18.5. The third-order valence-electron chi connectivity index (χ3n) is 1.92. The van der Waals surface area contributed by atoms with E-state index in [2.05, 4.69) is 10.5 Å². The number of amides is 1. The summed E-state index contributed by atoms with van der Waals surface area (Å²) in [6.07, 6.45) is -1.74. The molecule has 0 aliphatic heterocycles. The van der Waals surface area contributed by atoms with Crippen LogP contribution < -0.4 is 10.8 Å². The molecule has 22 heavy (non-hydrogen) atoms. The highest BCUT2D eigenvalue weighted by molar-refractivity contribution is 5.93. The van der Waals surface area contributed by atoms with Crippen molar-refractivity contribution < 1.29 is 48.3 Å². The lowest BCUT2D eigenvalue weighted by Crippen LogP contribution is -2.50. The second-order valence-electron chi connectivity index (χ2n) is 3.66. The highest BCUT2D eigenvalue weighted by Gasteiger charge is 2.28. The van der Waals surface area contributed by atoms with Crippen LogP contribution >= 0.6 is 0 Å². The number of hydrogen-bond donors (Lipinski definition) is 2. The Kier molecular flexibility index (Phi) is 11.6. The number of carboxylic acid groups (broad SMARTS) is 1. The fourth-order valence-corrected chi connectivity index (χ4v) is 0.842. The predicted octanol–water partition coefficient (Wildman–Crippen LogP) is -1.75. The number of halogens is 3. The van der Waals surface area contributed by atoms with E-state index in [1.54, 1.807) is 0 Å². The SMILES string of the molecule is COC(=O)/C=C/C(=O)N(O)CCCC[NH3+].O=C([O-])C(F)(F)F.